The van der Waals surface area contributed by atoms with Gasteiger partial charge in [0, 0.05) is 14.2 Å². The van der Waals surface area contributed by atoms with Crippen LogP contribution in [0.5, 0.6) is 5.75 Å². The third-order valence-electron chi connectivity index (χ3n) is 4.37. The molecule has 0 fully saturated rings. The minimum absolute atomic E-state index is 0.168. The highest BCUT2D eigenvalue weighted by Crippen LogP contribution is 2.28. The Bertz CT molecular complexity index is 690. The van der Waals surface area contributed by atoms with E-state index in [9.17, 15) is 4.79 Å². The number of para-hydroxylation sites is 1. The summed E-state index contributed by atoms with van der Waals surface area (Å²) in [5.74, 6) is 0.786. The van der Waals surface area contributed by atoms with Crippen molar-refractivity contribution in [1.29, 1.82) is 0 Å². The number of amides is 1. The van der Waals surface area contributed by atoms with Crippen molar-refractivity contribution in [2.45, 2.75) is 39.4 Å². The highest BCUT2D eigenvalue weighted by molar-refractivity contribution is 5.82. The molecular weight excluding hydrogens is 314 g/mol. The highest BCUT2D eigenvalue weighted by atomic mass is 16.5. The number of hydrogen-bond acceptors (Lipinski definition) is 3. The molecule has 1 N–H and O–H groups in total. The maximum Gasteiger partial charge on any atom is 0.253 e. The Hall–Kier alpha value is -2.33. The van der Waals surface area contributed by atoms with Gasteiger partial charge in [-0.1, -0.05) is 56.3 Å². The van der Waals surface area contributed by atoms with Crippen molar-refractivity contribution in [3.05, 3.63) is 64.7 Å². The number of nitrogens with one attached hydrogen (secondary N) is 1. The van der Waals surface area contributed by atoms with Crippen LogP contribution >= 0.6 is 0 Å². The van der Waals surface area contributed by atoms with Gasteiger partial charge in [-0.15, -0.1) is 0 Å². The summed E-state index contributed by atoms with van der Waals surface area (Å²) in [5.41, 5.74) is 4.18. The van der Waals surface area contributed by atoms with Gasteiger partial charge in [0.2, 0.25) is 0 Å². The largest absolute Gasteiger partial charge is 0.488 e. The average Bonchev–Trinajstić information content (AvgIpc) is 2.67. The summed E-state index contributed by atoms with van der Waals surface area (Å²) >= 11 is 0. The molecule has 2 aromatic carbocycles. The standard InChI is InChI=1S/C21H27NO3/c1-5-15-11-9-12-16(6-2)19(15)25-14-17-10-7-8-13-18(17)20(24-4)21(23)22-3/h7-13,20H,5-6,14H2,1-4H3,(H,22,23). The average molecular weight is 341 g/mol. The van der Waals surface area contributed by atoms with Gasteiger partial charge in [0.05, 0.1) is 0 Å². The van der Waals surface area contributed by atoms with Crippen LogP contribution in [0.25, 0.3) is 0 Å². The van der Waals surface area contributed by atoms with Crippen LogP contribution in [0, 0.1) is 0 Å². The Morgan fingerprint density at radius 3 is 2.16 bits per heavy atom. The van der Waals surface area contributed by atoms with Gasteiger partial charge in [-0.25, -0.2) is 0 Å². The van der Waals surface area contributed by atoms with E-state index >= 15 is 0 Å². The molecule has 4 nitrogen and oxygen atoms in total. The zero-order valence-corrected chi connectivity index (χ0v) is 15.5. The van der Waals surface area contributed by atoms with Gasteiger partial charge >= 0.3 is 0 Å². The molecule has 0 aromatic heterocycles. The molecule has 0 heterocycles. The molecule has 25 heavy (non-hydrogen) atoms. The monoisotopic (exact) mass is 341 g/mol. The van der Waals surface area contributed by atoms with Crippen molar-refractivity contribution >= 4 is 5.91 Å². The SMILES string of the molecule is CCc1cccc(CC)c1OCc1ccccc1C(OC)C(=O)NC. The summed E-state index contributed by atoms with van der Waals surface area (Å²) in [5, 5.41) is 2.65. The molecule has 4 heteroatoms. The Labute approximate surface area is 150 Å². The lowest BCUT2D eigenvalue weighted by Crippen LogP contribution is -2.27. The second-order valence-corrected chi connectivity index (χ2v) is 5.83. The number of aryl methyl sites for hydroxylation is 2. The van der Waals surface area contributed by atoms with Crippen LogP contribution < -0.4 is 10.1 Å². The number of rotatable bonds is 8. The summed E-state index contributed by atoms with van der Waals surface area (Å²) in [4.78, 5) is 12.1. The smallest absolute Gasteiger partial charge is 0.253 e. The predicted molar refractivity (Wildman–Crippen MR) is 99.8 cm³/mol. The van der Waals surface area contributed by atoms with Crippen molar-refractivity contribution in [3.63, 3.8) is 0 Å². The Balaban J connectivity index is 2.30. The fourth-order valence-electron chi connectivity index (χ4n) is 2.96. The lowest BCUT2D eigenvalue weighted by atomic mass is 10.0. The van der Waals surface area contributed by atoms with E-state index in [1.807, 2.05) is 24.3 Å². The Morgan fingerprint density at radius 1 is 1.00 bits per heavy atom. The summed E-state index contributed by atoms with van der Waals surface area (Å²) in [7, 11) is 3.15. The van der Waals surface area contributed by atoms with Crippen molar-refractivity contribution in [2.24, 2.45) is 0 Å². The molecule has 0 saturated carbocycles. The van der Waals surface area contributed by atoms with E-state index in [1.54, 1.807) is 14.2 Å². The molecule has 0 aliphatic rings. The quantitative estimate of drug-likeness (QED) is 0.794. The van der Waals surface area contributed by atoms with E-state index in [0.717, 1.165) is 29.7 Å². The van der Waals surface area contributed by atoms with Gasteiger partial charge in [-0.2, -0.15) is 0 Å². The van der Waals surface area contributed by atoms with Gasteiger partial charge in [-0.3, -0.25) is 4.79 Å². The molecule has 0 spiro atoms. The predicted octanol–water partition coefficient (Wildman–Crippen LogP) is 3.82. The van der Waals surface area contributed by atoms with E-state index < -0.39 is 6.10 Å². The van der Waals surface area contributed by atoms with Crippen LogP contribution in [0.3, 0.4) is 0 Å². The highest BCUT2D eigenvalue weighted by Gasteiger charge is 2.22. The third kappa shape index (κ3) is 4.40. The minimum Gasteiger partial charge on any atom is -0.488 e. The molecule has 1 unspecified atom stereocenters. The van der Waals surface area contributed by atoms with Crippen LogP contribution in [0.1, 0.15) is 42.2 Å². The maximum absolute atomic E-state index is 12.1. The number of methoxy groups -OCH3 is 1. The topological polar surface area (TPSA) is 47.6 Å². The Kier molecular flexibility index (Phi) is 7.02. The summed E-state index contributed by atoms with van der Waals surface area (Å²) in [6.07, 6.45) is 1.20. The van der Waals surface area contributed by atoms with Crippen molar-refractivity contribution < 1.29 is 14.3 Å². The molecule has 0 radical (unpaired) electrons. The molecular formula is C21H27NO3. The first-order valence-corrected chi connectivity index (χ1v) is 8.71. The van der Waals surface area contributed by atoms with E-state index in [0.29, 0.717) is 6.61 Å². The molecule has 0 saturated heterocycles. The number of hydrogen-bond donors (Lipinski definition) is 1. The second-order valence-electron chi connectivity index (χ2n) is 5.83. The van der Waals surface area contributed by atoms with Gasteiger partial charge < -0.3 is 14.8 Å². The summed E-state index contributed by atoms with van der Waals surface area (Å²) < 4.78 is 11.6. The maximum atomic E-state index is 12.1. The molecule has 2 rings (SSSR count). The van der Waals surface area contributed by atoms with Crippen molar-refractivity contribution in [2.75, 3.05) is 14.2 Å². The zero-order valence-electron chi connectivity index (χ0n) is 15.5. The molecule has 1 amide bonds. The fraction of sp³-hybridized carbons (Fsp3) is 0.381. The first-order chi connectivity index (χ1) is 12.2. The van der Waals surface area contributed by atoms with E-state index in [-0.39, 0.29) is 5.91 Å². The van der Waals surface area contributed by atoms with Gasteiger partial charge in [-0.05, 0) is 35.1 Å². The molecule has 1 atom stereocenters. The first-order valence-electron chi connectivity index (χ1n) is 8.71. The van der Waals surface area contributed by atoms with Crippen LogP contribution in [-0.4, -0.2) is 20.1 Å². The lowest BCUT2D eigenvalue weighted by Gasteiger charge is -2.19. The molecule has 0 aliphatic carbocycles. The van der Waals surface area contributed by atoms with Gasteiger partial charge in [0.1, 0.15) is 12.4 Å². The minimum atomic E-state index is -0.642. The van der Waals surface area contributed by atoms with Crippen LogP contribution in [0.2, 0.25) is 0 Å². The van der Waals surface area contributed by atoms with Gasteiger partial charge in [0.15, 0.2) is 6.10 Å². The molecule has 134 valence electrons. The van der Waals surface area contributed by atoms with Gasteiger partial charge in [0.25, 0.3) is 5.91 Å². The van der Waals surface area contributed by atoms with Crippen LogP contribution in [0.15, 0.2) is 42.5 Å². The number of carbonyl (C=O) groups excluding carboxylic acids is 1. The molecule has 0 bridgehead atoms. The molecule has 2 aromatic rings. The van der Waals surface area contributed by atoms with E-state index in [4.69, 9.17) is 9.47 Å². The zero-order chi connectivity index (χ0) is 18.2. The number of likely N-dealkylation sites (N-methyl/N-ethyl adjacent to an activating group) is 1. The van der Waals surface area contributed by atoms with Crippen LogP contribution in [0.4, 0.5) is 0 Å². The summed E-state index contributed by atoms with van der Waals surface area (Å²) in [6, 6.07) is 14.0. The van der Waals surface area contributed by atoms with Crippen molar-refractivity contribution in [1.82, 2.24) is 5.32 Å². The Morgan fingerprint density at radius 2 is 1.60 bits per heavy atom. The number of carbonyl (C=O) groups is 1. The number of benzene rings is 2. The van der Waals surface area contributed by atoms with Crippen LogP contribution in [-0.2, 0) is 29.0 Å². The first kappa shape index (κ1) is 19.0. The van der Waals surface area contributed by atoms with E-state index in [2.05, 4.69) is 37.4 Å². The third-order valence-corrected chi connectivity index (χ3v) is 4.37. The van der Waals surface area contributed by atoms with Crippen molar-refractivity contribution in [3.8, 4) is 5.75 Å². The van der Waals surface area contributed by atoms with E-state index in [1.165, 1.54) is 11.1 Å². The lowest BCUT2D eigenvalue weighted by molar-refractivity contribution is -0.130. The molecule has 0 aliphatic heterocycles. The fourth-order valence-corrected chi connectivity index (χ4v) is 2.96. The second kappa shape index (κ2) is 9.23. The summed E-state index contributed by atoms with van der Waals surface area (Å²) in [6.45, 7) is 4.65. The normalized spacial score (nSPS) is 11.8. The number of ether oxygens (including phenoxy) is 2.